The highest BCUT2D eigenvalue weighted by Crippen LogP contribution is 2.20. The van der Waals surface area contributed by atoms with Crippen molar-refractivity contribution in [3.63, 3.8) is 0 Å². The number of carbonyl (C=O) groups excluding carboxylic acids is 1. The number of hydrogen-bond acceptors (Lipinski definition) is 4. The van der Waals surface area contributed by atoms with Crippen LogP contribution >= 0.6 is 0 Å². The van der Waals surface area contributed by atoms with Crippen molar-refractivity contribution in [2.45, 2.75) is 13.8 Å². The molecule has 1 aliphatic heterocycles. The van der Waals surface area contributed by atoms with Crippen molar-refractivity contribution in [3.8, 4) is 0 Å². The van der Waals surface area contributed by atoms with Crippen LogP contribution in [0.4, 0.5) is 4.39 Å². The Hall–Kier alpha value is -2.08. The first kappa shape index (κ1) is 13.9. The molecule has 110 valence electrons. The van der Waals surface area contributed by atoms with E-state index in [9.17, 15) is 9.18 Å². The van der Waals surface area contributed by atoms with Gasteiger partial charge in [-0.3, -0.25) is 4.79 Å². The second-order valence-electron chi connectivity index (χ2n) is 5.26. The summed E-state index contributed by atoms with van der Waals surface area (Å²) in [4.78, 5) is 23.1. The lowest BCUT2D eigenvalue weighted by Crippen LogP contribution is -2.46. The Morgan fingerprint density at radius 1 is 1.19 bits per heavy atom. The first-order chi connectivity index (χ1) is 10.1. The molecule has 0 saturated carbocycles. The van der Waals surface area contributed by atoms with Gasteiger partial charge in [0.2, 0.25) is 0 Å². The molecule has 1 fully saturated rings. The van der Waals surface area contributed by atoms with E-state index in [4.69, 9.17) is 0 Å². The van der Waals surface area contributed by atoms with Crippen LogP contribution in [0.2, 0.25) is 0 Å². The molecule has 6 heteroatoms. The molecule has 1 N–H and O–H groups in total. The zero-order chi connectivity index (χ0) is 15.0. The molecule has 0 atom stereocenters. The minimum atomic E-state index is -0.460. The van der Waals surface area contributed by atoms with Gasteiger partial charge in [0, 0.05) is 32.2 Å². The zero-order valence-electron chi connectivity index (χ0n) is 12.1. The number of amides is 1. The summed E-state index contributed by atoms with van der Waals surface area (Å²) in [6, 6.07) is 2.58. The number of aryl methyl sites for hydroxylation is 2. The number of rotatable bonds is 1. The first-order valence-corrected chi connectivity index (χ1v) is 7.01. The predicted molar refractivity (Wildman–Crippen MR) is 77.7 cm³/mol. The van der Waals surface area contributed by atoms with Gasteiger partial charge in [0.15, 0.2) is 0 Å². The number of halogens is 1. The second-order valence-corrected chi connectivity index (χ2v) is 5.26. The molecule has 0 bridgehead atoms. The molecule has 1 saturated heterocycles. The quantitative estimate of drug-likeness (QED) is 0.862. The third kappa shape index (κ3) is 2.58. The van der Waals surface area contributed by atoms with Crippen molar-refractivity contribution in [2.75, 3.05) is 26.2 Å². The monoisotopic (exact) mass is 288 g/mol. The fraction of sp³-hybridized carbons (Fsp3) is 0.400. The average Bonchev–Trinajstić information content (AvgIpc) is 2.48. The molecule has 0 unspecified atom stereocenters. The van der Waals surface area contributed by atoms with Gasteiger partial charge in [-0.2, -0.15) is 0 Å². The van der Waals surface area contributed by atoms with Crippen LogP contribution in [0, 0.1) is 19.7 Å². The molecule has 1 amide bonds. The molecule has 0 spiro atoms. The van der Waals surface area contributed by atoms with E-state index in [1.54, 1.807) is 4.90 Å². The van der Waals surface area contributed by atoms with Crippen molar-refractivity contribution in [1.29, 1.82) is 0 Å². The molecule has 2 heterocycles. The molecule has 2 aromatic rings. The number of aromatic nitrogens is 2. The van der Waals surface area contributed by atoms with Crippen LogP contribution in [0.3, 0.4) is 0 Å². The number of fused-ring (bicyclic) bond motifs is 1. The Balaban J connectivity index is 2.12. The summed E-state index contributed by atoms with van der Waals surface area (Å²) >= 11 is 0. The normalized spacial score (nSPS) is 15.5. The minimum absolute atomic E-state index is 0.182. The fourth-order valence-electron chi connectivity index (χ4n) is 2.50. The summed E-state index contributed by atoms with van der Waals surface area (Å²) in [6.07, 6.45) is 0. The van der Waals surface area contributed by atoms with E-state index in [2.05, 4.69) is 15.3 Å². The van der Waals surface area contributed by atoms with Gasteiger partial charge in [0.25, 0.3) is 5.91 Å². The van der Waals surface area contributed by atoms with Crippen LogP contribution < -0.4 is 5.32 Å². The van der Waals surface area contributed by atoms with E-state index in [1.807, 2.05) is 13.8 Å². The van der Waals surface area contributed by atoms with Crippen LogP contribution in [0.1, 0.15) is 21.7 Å². The van der Waals surface area contributed by atoms with Gasteiger partial charge in [0.1, 0.15) is 11.3 Å². The van der Waals surface area contributed by atoms with Crippen molar-refractivity contribution in [1.82, 2.24) is 20.2 Å². The standard InChI is InChI=1S/C15H17FN4O/c1-9-10(2)19-14-12(7-11(16)8-13(14)18-9)15(21)20-5-3-17-4-6-20/h7-8,17H,3-6H2,1-2H3. The SMILES string of the molecule is Cc1nc2cc(F)cc(C(=O)N3CCNCC3)c2nc1C. The molecule has 0 radical (unpaired) electrons. The molecule has 1 aromatic carbocycles. The lowest BCUT2D eigenvalue weighted by atomic mass is 10.1. The van der Waals surface area contributed by atoms with Crippen LogP contribution in [0.5, 0.6) is 0 Å². The summed E-state index contributed by atoms with van der Waals surface area (Å²) in [6.45, 7) is 6.41. The fourth-order valence-corrected chi connectivity index (χ4v) is 2.50. The molecule has 0 aliphatic carbocycles. The van der Waals surface area contributed by atoms with Crippen LogP contribution in [0.25, 0.3) is 11.0 Å². The molecule has 21 heavy (non-hydrogen) atoms. The second kappa shape index (κ2) is 5.37. The third-order valence-corrected chi connectivity index (χ3v) is 3.78. The van der Waals surface area contributed by atoms with E-state index in [-0.39, 0.29) is 5.91 Å². The summed E-state index contributed by atoms with van der Waals surface area (Å²) in [5.41, 5.74) is 2.69. The maximum Gasteiger partial charge on any atom is 0.256 e. The first-order valence-electron chi connectivity index (χ1n) is 7.01. The van der Waals surface area contributed by atoms with Crippen molar-refractivity contribution >= 4 is 16.9 Å². The Labute approximate surface area is 122 Å². The average molecular weight is 288 g/mol. The highest BCUT2D eigenvalue weighted by molar-refractivity contribution is 6.04. The smallest absolute Gasteiger partial charge is 0.256 e. The van der Waals surface area contributed by atoms with Gasteiger partial charge in [-0.25, -0.2) is 14.4 Å². The van der Waals surface area contributed by atoms with Gasteiger partial charge in [-0.1, -0.05) is 0 Å². The number of piperazine rings is 1. The topological polar surface area (TPSA) is 58.1 Å². The molecule has 5 nitrogen and oxygen atoms in total. The Morgan fingerprint density at radius 2 is 1.86 bits per heavy atom. The zero-order valence-corrected chi connectivity index (χ0v) is 12.1. The molecule has 1 aliphatic rings. The van der Waals surface area contributed by atoms with Gasteiger partial charge in [-0.05, 0) is 19.9 Å². The molecular weight excluding hydrogens is 271 g/mol. The van der Waals surface area contributed by atoms with Crippen LogP contribution in [0.15, 0.2) is 12.1 Å². The van der Waals surface area contributed by atoms with Gasteiger partial charge < -0.3 is 10.2 Å². The van der Waals surface area contributed by atoms with Gasteiger partial charge >= 0.3 is 0 Å². The van der Waals surface area contributed by atoms with E-state index in [0.717, 1.165) is 24.5 Å². The lowest BCUT2D eigenvalue weighted by Gasteiger charge is -2.27. The number of carbonyl (C=O) groups is 1. The minimum Gasteiger partial charge on any atom is -0.336 e. The van der Waals surface area contributed by atoms with Crippen molar-refractivity contribution in [3.05, 3.63) is 34.9 Å². The summed E-state index contributed by atoms with van der Waals surface area (Å²) < 4.78 is 13.8. The highest BCUT2D eigenvalue weighted by Gasteiger charge is 2.22. The summed E-state index contributed by atoms with van der Waals surface area (Å²) in [7, 11) is 0. The Bertz CT molecular complexity index is 710. The maximum absolute atomic E-state index is 13.8. The number of nitrogens with one attached hydrogen (secondary N) is 1. The Morgan fingerprint density at radius 3 is 2.57 bits per heavy atom. The highest BCUT2D eigenvalue weighted by atomic mass is 19.1. The van der Waals surface area contributed by atoms with E-state index in [1.165, 1.54) is 12.1 Å². The largest absolute Gasteiger partial charge is 0.336 e. The van der Waals surface area contributed by atoms with Crippen LogP contribution in [-0.2, 0) is 0 Å². The molecule has 3 rings (SSSR count). The van der Waals surface area contributed by atoms with E-state index in [0.29, 0.717) is 29.7 Å². The predicted octanol–water partition coefficient (Wildman–Crippen LogP) is 1.43. The van der Waals surface area contributed by atoms with Gasteiger partial charge in [-0.15, -0.1) is 0 Å². The lowest BCUT2D eigenvalue weighted by molar-refractivity contribution is 0.0737. The van der Waals surface area contributed by atoms with Crippen molar-refractivity contribution in [2.24, 2.45) is 0 Å². The van der Waals surface area contributed by atoms with Crippen molar-refractivity contribution < 1.29 is 9.18 Å². The Kier molecular flexibility index (Phi) is 3.55. The number of nitrogens with zero attached hydrogens (tertiary/aromatic N) is 3. The maximum atomic E-state index is 13.8. The molecule has 1 aromatic heterocycles. The van der Waals surface area contributed by atoms with Gasteiger partial charge in [0.05, 0.1) is 22.5 Å². The number of benzene rings is 1. The third-order valence-electron chi connectivity index (χ3n) is 3.78. The van der Waals surface area contributed by atoms with E-state index < -0.39 is 5.82 Å². The van der Waals surface area contributed by atoms with E-state index >= 15 is 0 Å². The summed E-state index contributed by atoms with van der Waals surface area (Å²) in [5, 5.41) is 3.19. The summed E-state index contributed by atoms with van der Waals surface area (Å²) in [5.74, 6) is -0.642. The molecular formula is C15H17FN4O. The van der Waals surface area contributed by atoms with Crippen LogP contribution in [-0.4, -0.2) is 47.0 Å². The number of hydrogen-bond donors (Lipinski definition) is 1.